The fraction of sp³-hybridized carbons (Fsp3) is 0.367. The van der Waals surface area contributed by atoms with Gasteiger partial charge in [-0.2, -0.15) is 5.26 Å². The SMILES string of the molecule is N#CC1(c2cc(-c3cnc(N)c(-c4cc(-c5ccc(CC[C@H]6CCOC6)cc5)no4)n3)ccn2)CCCC1. The molecule has 6 rings (SSSR count). The topological polar surface area (TPSA) is 124 Å². The lowest BCUT2D eigenvalue weighted by atomic mass is 9.83. The minimum atomic E-state index is -0.527. The van der Waals surface area contributed by atoms with Crippen LogP contribution < -0.4 is 5.73 Å². The van der Waals surface area contributed by atoms with Crippen LogP contribution in [0.15, 0.2) is 59.4 Å². The van der Waals surface area contributed by atoms with Crippen molar-refractivity contribution in [2.24, 2.45) is 5.92 Å². The van der Waals surface area contributed by atoms with Gasteiger partial charge < -0.3 is 15.0 Å². The number of nitrogens with two attached hydrogens (primary N) is 1. The Morgan fingerprint density at radius 2 is 1.87 bits per heavy atom. The number of hydrogen-bond donors (Lipinski definition) is 1. The lowest BCUT2D eigenvalue weighted by Gasteiger charge is -2.19. The van der Waals surface area contributed by atoms with E-state index in [0.29, 0.717) is 28.8 Å². The van der Waals surface area contributed by atoms with Gasteiger partial charge in [0.25, 0.3) is 0 Å². The molecule has 1 aliphatic heterocycles. The number of nitrogen functional groups attached to an aromatic ring is 1. The first-order valence-corrected chi connectivity index (χ1v) is 13.3. The lowest BCUT2D eigenvalue weighted by molar-refractivity contribution is 0.184. The van der Waals surface area contributed by atoms with Crippen molar-refractivity contribution in [2.75, 3.05) is 18.9 Å². The van der Waals surface area contributed by atoms with E-state index in [-0.39, 0.29) is 5.82 Å². The zero-order chi connectivity index (χ0) is 26.0. The van der Waals surface area contributed by atoms with Gasteiger partial charge in [-0.05, 0) is 55.7 Å². The van der Waals surface area contributed by atoms with Crippen molar-refractivity contribution in [2.45, 2.75) is 50.4 Å². The van der Waals surface area contributed by atoms with Crippen LogP contribution in [0.3, 0.4) is 0 Å². The summed E-state index contributed by atoms with van der Waals surface area (Å²) >= 11 is 0. The summed E-state index contributed by atoms with van der Waals surface area (Å²) in [5.41, 5.74) is 11.4. The average Bonchev–Trinajstić information content (AvgIpc) is 3.75. The summed E-state index contributed by atoms with van der Waals surface area (Å²) in [6.07, 6.45) is 10.5. The highest BCUT2D eigenvalue weighted by Gasteiger charge is 2.37. The first-order valence-electron chi connectivity index (χ1n) is 13.3. The van der Waals surface area contributed by atoms with Crippen LogP contribution in [-0.4, -0.2) is 33.3 Å². The molecule has 1 saturated carbocycles. The summed E-state index contributed by atoms with van der Waals surface area (Å²) in [5, 5.41) is 14.2. The molecule has 0 unspecified atom stereocenters. The van der Waals surface area contributed by atoms with Crippen molar-refractivity contribution in [3.63, 3.8) is 0 Å². The van der Waals surface area contributed by atoms with Crippen LogP contribution >= 0.6 is 0 Å². The predicted molar refractivity (Wildman–Crippen MR) is 144 cm³/mol. The van der Waals surface area contributed by atoms with E-state index in [2.05, 4.69) is 45.5 Å². The average molecular weight is 507 g/mol. The second-order valence-corrected chi connectivity index (χ2v) is 10.4. The highest BCUT2D eigenvalue weighted by Crippen LogP contribution is 2.40. The molecule has 38 heavy (non-hydrogen) atoms. The molecule has 2 N–H and O–H groups in total. The van der Waals surface area contributed by atoms with Crippen molar-refractivity contribution in [3.8, 4) is 40.0 Å². The Kier molecular flexibility index (Phi) is 6.61. The third kappa shape index (κ3) is 4.77. The van der Waals surface area contributed by atoms with Gasteiger partial charge in [-0.1, -0.05) is 42.3 Å². The maximum absolute atomic E-state index is 9.89. The number of aryl methyl sites for hydroxylation is 1. The van der Waals surface area contributed by atoms with Gasteiger partial charge in [0.2, 0.25) is 0 Å². The molecular formula is C30H30N6O2. The minimum Gasteiger partial charge on any atom is -0.382 e. The molecule has 2 aliphatic rings. The molecule has 2 fully saturated rings. The van der Waals surface area contributed by atoms with Gasteiger partial charge in [0.1, 0.15) is 5.69 Å². The quantitative estimate of drug-likeness (QED) is 0.336. The first kappa shape index (κ1) is 24.3. The molecule has 0 spiro atoms. The van der Waals surface area contributed by atoms with Crippen LogP contribution in [0.5, 0.6) is 0 Å². The molecule has 1 aliphatic carbocycles. The fourth-order valence-corrected chi connectivity index (χ4v) is 5.52. The Hall–Kier alpha value is -4.09. The lowest BCUT2D eigenvalue weighted by Crippen LogP contribution is -2.20. The first-order chi connectivity index (χ1) is 18.6. The van der Waals surface area contributed by atoms with Crippen molar-refractivity contribution >= 4 is 5.82 Å². The number of nitriles is 1. The maximum Gasteiger partial charge on any atom is 0.189 e. The van der Waals surface area contributed by atoms with Crippen molar-refractivity contribution < 1.29 is 9.26 Å². The molecule has 4 heterocycles. The molecule has 1 atom stereocenters. The third-order valence-corrected chi connectivity index (χ3v) is 7.88. The second kappa shape index (κ2) is 10.3. The molecule has 8 nitrogen and oxygen atoms in total. The van der Waals surface area contributed by atoms with Crippen molar-refractivity contribution in [3.05, 3.63) is 66.1 Å². The number of rotatable bonds is 7. The zero-order valence-corrected chi connectivity index (χ0v) is 21.3. The Morgan fingerprint density at radius 1 is 1.03 bits per heavy atom. The van der Waals surface area contributed by atoms with E-state index in [0.717, 1.165) is 75.0 Å². The standard InChI is InChI=1S/C30H30N6O2/c31-19-30(11-1-2-12-30)27-15-23(9-13-33-27)25-17-34-29(32)28(35-25)26-16-24(36-38-26)22-7-5-20(6-8-22)3-4-21-10-14-37-18-21/h5-9,13,15-17,21H,1-4,10-12,14,18H2,(H2,32,34)/t21-/m0/s1. The normalized spacial score (nSPS) is 18.4. The van der Waals surface area contributed by atoms with E-state index < -0.39 is 5.41 Å². The van der Waals surface area contributed by atoms with E-state index in [1.54, 1.807) is 12.4 Å². The predicted octanol–water partition coefficient (Wildman–Crippen LogP) is 5.75. The number of anilines is 1. The van der Waals surface area contributed by atoms with Gasteiger partial charge in [0.15, 0.2) is 17.3 Å². The molecule has 0 bridgehead atoms. The molecule has 1 aromatic carbocycles. The van der Waals surface area contributed by atoms with E-state index in [1.807, 2.05) is 18.2 Å². The van der Waals surface area contributed by atoms with E-state index in [4.69, 9.17) is 20.0 Å². The summed E-state index contributed by atoms with van der Waals surface area (Å²) in [6.45, 7) is 1.78. The van der Waals surface area contributed by atoms with Gasteiger partial charge in [-0.3, -0.25) is 4.98 Å². The highest BCUT2D eigenvalue weighted by molar-refractivity contribution is 5.73. The molecule has 0 amide bonds. The van der Waals surface area contributed by atoms with Crippen LogP contribution in [0.2, 0.25) is 0 Å². The zero-order valence-electron chi connectivity index (χ0n) is 21.3. The number of ether oxygens (including phenoxy) is 1. The van der Waals surface area contributed by atoms with E-state index >= 15 is 0 Å². The molecule has 0 radical (unpaired) electrons. The number of nitrogens with zero attached hydrogens (tertiary/aromatic N) is 5. The monoisotopic (exact) mass is 506 g/mol. The summed E-state index contributed by atoms with van der Waals surface area (Å²) in [4.78, 5) is 13.7. The number of hydrogen-bond acceptors (Lipinski definition) is 8. The molecular weight excluding hydrogens is 476 g/mol. The summed E-state index contributed by atoms with van der Waals surface area (Å²) < 4.78 is 11.1. The third-order valence-electron chi connectivity index (χ3n) is 7.88. The molecule has 3 aromatic heterocycles. The van der Waals surface area contributed by atoms with Crippen LogP contribution in [0, 0.1) is 17.2 Å². The Labute approximate surface area is 221 Å². The Morgan fingerprint density at radius 3 is 2.63 bits per heavy atom. The Balaban J connectivity index is 1.22. The van der Waals surface area contributed by atoms with Gasteiger partial charge in [0.05, 0.1) is 29.1 Å². The van der Waals surface area contributed by atoms with Crippen LogP contribution in [-0.2, 0) is 16.6 Å². The fourth-order valence-electron chi connectivity index (χ4n) is 5.52. The molecule has 1 saturated heterocycles. The van der Waals surface area contributed by atoms with Crippen molar-refractivity contribution in [1.82, 2.24) is 20.1 Å². The smallest absolute Gasteiger partial charge is 0.189 e. The molecule has 192 valence electrons. The molecule has 8 heteroatoms. The number of benzene rings is 1. The summed E-state index contributed by atoms with van der Waals surface area (Å²) in [6, 6.07) is 16.6. The van der Waals surface area contributed by atoms with E-state index in [1.165, 1.54) is 5.56 Å². The highest BCUT2D eigenvalue weighted by atomic mass is 16.5. The maximum atomic E-state index is 9.89. The summed E-state index contributed by atoms with van der Waals surface area (Å²) in [7, 11) is 0. The van der Waals surface area contributed by atoms with Gasteiger partial charge in [0, 0.05) is 36.6 Å². The van der Waals surface area contributed by atoms with Crippen LogP contribution in [0.1, 0.15) is 49.8 Å². The Bertz CT molecular complexity index is 1460. The van der Waals surface area contributed by atoms with Crippen molar-refractivity contribution in [1.29, 1.82) is 5.26 Å². The number of pyridine rings is 1. The minimum absolute atomic E-state index is 0.265. The van der Waals surface area contributed by atoms with Gasteiger partial charge >= 0.3 is 0 Å². The largest absolute Gasteiger partial charge is 0.382 e. The second-order valence-electron chi connectivity index (χ2n) is 10.4. The number of aromatic nitrogens is 4. The van der Waals surface area contributed by atoms with Gasteiger partial charge in [-0.15, -0.1) is 0 Å². The molecule has 4 aromatic rings. The van der Waals surface area contributed by atoms with Crippen LogP contribution in [0.25, 0.3) is 34.0 Å². The van der Waals surface area contributed by atoms with E-state index in [9.17, 15) is 5.26 Å². The van der Waals surface area contributed by atoms with Crippen LogP contribution in [0.4, 0.5) is 5.82 Å². The summed E-state index contributed by atoms with van der Waals surface area (Å²) in [5.74, 6) is 1.39. The van der Waals surface area contributed by atoms with Gasteiger partial charge in [-0.25, -0.2) is 9.97 Å².